The number of ether oxygens (including phenoxy) is 1. The number of fused-ring (bicyclic) bond motifs is 7. The molecule has 50 heavy (non-hydrogen) atoms. The summed E-state index contributed by atoms with van der Waals surface area (Å²) in [5.74, 6) is 4.16. The molecular weight excluding hydrogens is 613 g/mol. The van der Waals surface area contributed by atoms with Gasteiger partial charge in [-0.3, -0.25) is 4.57 Å². The summed E-state index contributed by atoms with van der Waals surface area (Å²) in [4.78, 5) is 9.78. The summed E-state index contributed by atoms with van der Waals surface area (Å²) < 4.78 is 11.2. The van der Waals surface area contributed by atoms with E-state index in [0.717, 1.165) is 46.2 Å². The lowest BCUT2D eigenvalue weighted by Gasteiger charge is -2.18. The number of rotatable bonds is 7. The topological polar surface area (TPSA) is 42.4 Å². The first kappa shape index (κ1) is 30.3. The normalized spacial score (nSPS) is 13.6. The van der Waals surface area contributed by atoms with Crippen molar-refractivity contribution >= 4 is 39.5 Å². The van der Waals surface area contributed by atoms with Crippen molar-refractivity contribution in [3.8, 4) is 28.4 Å². The quantitative estimate of drug-likeness (QED) is 0.161. The zero-order valence-corrected chi connectivity index (χ0v) is 28.9. The molecule has 7 aromatic rings. The molecule has 0 unspecified atom stereocenters. The van der Waals surface area contributed by atoms with Crippen molar-refractivity contribution in [2.75, 3.05) is 6.54 Å². The largest absolute Gasteiger partial charge is 0.457 e. The second-order valence-corrected chi connectivity index (χ2v) is 14.0. The van der Waals surface area contributed by atoms with Gasteiger partial charge in [0.05, 0.1) is 16.6 Å². The molecule has 2 aromatic heterocycles. The highest BCUT2D eigenvalue weighted by Gasteiger charge is 2.30. The highest BCUT2D eigenvalue weighted by molar-refractivity contribution is 6.17. The Morgan fingerprint density at radius 1 is 0.700 bits per heavy atom. The van der Waals surface area contributed by atoms with Crippen LogP contribution in [0.2, 0.25) is 0 Å². The first-order valence-electron chi connectivity index (χ1n) is 17.6. The molecule has 0 amide bonds. The fourth-order valence-electron chi connectivity index (χ4n) is 7.93. The molecule has 1 aliphatic carbocycles. The van der Waals surface area contributed by atoms with Crippen molar-refractivity contribution < 1.29 is 9.31 Å². The van der Waals surface area contributed by atoms with Crippen LogP contribution in [0.5, 0.6) is 11.5 Å². The Bertz CT molecular complexity index is 2490. The van der Waals surface area contributed by atoms with Gasteiger partial charge in [0, 0.05) is 34.2 Å². The molecule has 244 valence electrons. The van der Waals surface area contributed by atoms with E-state index in [1.54, 1.807) is 0 Å². The number of amidine groups is 1. The van der Waals surface area contributed by atoms with Gasteiger partial charge in [0.15, 0.2) is 6.54 Å². The van der Waals surface area contributed by atoms with Crippen molar-refractivity contribution in [3.05, 3.63) is 149 Å². The van der Waals surface area contributed by atoms with Crippen LogP contribution in [0.3, 0.4) is 0 Å². The van der Waals surface area contributed by atoms with Gasteiger partial charge in [0.25, 0.3) is 0 Å². The van der Waals surface area contributed by atoms with Crippen LogP contribution in [0.25, 0.3) is 38.8 Å². The number of hydrogen-bond acceptors (Lipinski definition) is 3. The Balaban J connectivity index is 1.13. The van der Waals surface area contributed by atoms with Gasteiger partial charge in [0.1, 0.15) is 29.2 Å². The van der Waals surface area contributed by atoms with Crippen LogP contribution in [-0.2, 0) is 6.42 Å². The molecule has 0 radical (unpaired) electrons. The first-order chi connectivity index (χ1) is 24.5. The second kappa shape index (κ2) is 12.0. The Labute approximate surface area is 292 Å². The molecule has 0 bridgehead atoms. The molecule has 0 fully saturated rings. The summed E-state index contributed by atoms with van der Waals surface area (Å²) in [6, 6.07) is 40.9. The van der Waals surface area contributed by atoms with Gasteiger partial charge >= 0.3 is 5.84 Å². The number of benzene rings is 5. The predicted octanol–water partition coefficient (Wildman–Crippen LogP) is 11.0. The third-order valence-electron chi connectivity index (χ3n) is 10.2. The third-order valence-corrected chi connectivity index (χ3v) is 10.2. The van der Waals surface area contributed by atoms with Gasteiger partial charge in [0.2, 0.25) is 0 Å². The number of nitrogens with zero attached hydrogens (tertiary/aromatic N) is 4. The summed E-state index contributed by atoms with van der Waals surface area (Å²) in [5, 5.41) is 2.45. The van der Waals surface area contributed by atoms with E-state index in [1.807, 2.05) is 24.4 Å². The molecule has 5 heteroatoms. The lowest BCUT2D eigenvalue weighted by atomic mass is 9.92. The van der Waals surface area contributed by atoms with Crippen LogP contribution in [0.4, 0.5) is 5.69 Å². The second-order valence-electron chi connectivity index (χ2n) is 14.0. The standard InChI is InChI=1S/C45H39N4O/c1-28(2)35-15-10-16-36(29(3)4)44(35)48-24-23-47-45(48)32-12-9-13-33(26-32)50-34-19-20-38-40(27-34)49(41-17-7-8-22-46-41)39-21-18-31-25-30-11-5-6-14-37(30)42(31)43(38)39/h5-22,24,26-29H,23,25H2,1-4H3/q+1. The predicted molar refractivity (Wildman–Crippen MR) is 205 cm³/mol. The summed E-state index contributed by atoms with van der Waals surface area (Å²) in [6.07, 6.45) is 5.02. The van der Waals surface area contributed by atoms with E-state index in [2.05, 4.69) is 140 Å². The van der Waals surface area contributed by atoms with Crippen molar-refractivity contribution in [1.82, 2.24) is 9.55 Å². The van der Waals surface area contributed by atoms with Gasteiger partial charge in [-0.2, -0.15) is 4.58 Å². The maximum Gasteiger partial charge on any atom is 0.330 e. The Morgan fingerprint density at radius 2 is 1.48 bits per heavy atom. The van der Waals surface area contributed by atoms with Gasteiger partial charge in [-0.25, -0.2) is 4.98 Å². The Kier molecular flexibility index (Phi) is 7.24. The number of hydrogen-bond donors (Lipinski definition) is 0. The van der Waals surface area contributed by atoms with Crippen LogP contribution >= 0.6 is 0 Å². The zero-order valence-electron chi connectivity index (χ0n) is 28.9. The monoisotopic (exact) mass is 651 g/mol. The highest BCUT2D eigenvalue weighted by Crippen LogP contribution is 2.46. The molecule has 0 N–H and O–H groups in total. The molecule has 0 saturated carbocycles. The molecule has 3 heterocycles. The molecule has 0 saturated heterocycles. The van der Waals surface area contributed by atoms with E-state index in [4.69, 9.17) is 14.7 Å². The van der Waals surface area contributed by atoms with Crippen LogP contribution in [0.1, 0.15) is 67.3 Å². The number of aromatic nitrogens is 2. The van der Waals surface area contributed by atoms with Gasteiger partial charge < -0.3 is 4.74 Å². The van der Waals surface area contributed by atoms with Crippen molar-refractivity contribution in [3.63, 3.8) is 0 Å². The van der Waals surface area contributed by atoms with Gasteiger partial charge in [-0.15, -0.1) is 0 Å². The molecule has 2 aliphatic rings. The van der Waals surface area contributed by atoms with Crippen molar-refractivity contribution in [2.45, 2.75) is 46.0 Å². The summed E-state index contributed by atoms with van der Waals surface area (Å²) in [7, 11) is 0. The van der Waals surface area contributed by atoms with Gasteiger partial charge in [-0.05, 0) is 89.0 Å². The van der Waals surface area contributed by atoms with E-state index in [9.17, 15) is 0 Å². The van der Waals surface area contributed by atoms with Crippen molar-refractivity contribution in [2.24, 2.45) is 4.99 Å². The lowest BCUT2D eigenvalue weighted by molar-refractivity contribution is -0.297. The SMILES string of the molecule is CC(C)c1cccc(C(C)C)c1[N+]1=CCN=C1c1cccc(Oc2ccc3c4c5c(ccc4n(-c4ccccn4)c3c2)Cc2ccccc2-5)c1. The fraction of sp³-hybridized carbons (Fsp3) is 0.178. The smallest absolute Gasteiger partial charge is 0.330 e. The Morgan fingerprint density at radius 3 is 2.28 bits per heavy atom. The van der Waals surface area contributed by atoms with E-state index >= 15 is 0 Å². The summed E-state index contributed by atoms with van der Waals surface area (Å²) >= 11 is 0. The van der Waals surface area contributed by atoms with Gasteiger partial charge in [-0.1, -0.05) is 93.4 Å². The van der Waals surface area contributed by atoms with Crippen molar-refractivity contribution in [1.29, 1.82) is 0 Å². The van der Waals surface area contributed by atoms with E-state index < -0.39 is 0 Å². The minimum Gasteiger partial charge on any atom is -0.457 e. The maximum atomic E-state index is 6.67. The lowest BCUT2D eigenvalue weighted by Crippen LogP contribution is -2.18. The molecule has 1 aliphatic heterocycles. The minimum absolute atomic E-state index is 0.390. The highest BCUT2D eigenvalue weighted by atomic mass is 16.5. The zero-order chi connectivity index (χ0) is 33.9. The summed E-state index contributed by atoms with van der Waals surface area (Å²) in [5.41, 5.74) is 12.6. The van der Waals surface area contributed by atoms with E-state index in [0.29, 0.717) is 18.4 Å². The maximum absolute atomic E-state index is 6.67. The fourth-order valence-corrected chi connectivity index (χ4v) is 7.93. The molecule has 5 aromatic carbocycles. The van der Waals surface area contributed by atoms with Crippen LogP contribution < -0.4 is 4.74 Å². The van der Waals surface area contributed by atoms with Crippen LogP contribution in [0.15, 0.2) is 126 Å². The Hall–Kier alpha value is -5.81. The van der Waals surface area contributed by atoms with Crippen LogP contribution in [0, 0.1) is 0 Å². The number of pyridine rings is 1. The van der Waals surface area contributed by atoms with E-state index in [1.165, 1.54) is 49.8 Å². The molecule has 5 nitrogen and oxygen atoms in total. The molecule has 9 rings (SSSR count). The average molecular weight is 652 g/mol. The van der Waals surface area contributed by atoms with E-state index in [-0.39, 0.29) is 0 Å². The number of para-hydroxylation sites is 1. The number of aliphatic imine (C=N–C) groups is 1. The minimum atomic E-state index is 0.390. The molecule has 0 spiro atoms. The third kappa shape index (κ3) is 4.87. The molecular formula is C45H39N4O+. The average Bonchev–Trinajstić information content (AvgIpc) is 3.85. The first-order valence-corrected chi connectivity index (χ1v) is 17.6. The molecule has 0 atom stereocenters. The van der Waals surface area contributed by atoms with Crippen LogP contribution in [-0.4, -0.2) is 32.7 Å². The summed E-state index contributed by atoms with van der Waals surface area (Å²) in [6.45, 7) is 9.70.